The Kier molecular flexibility index (Phi) is 10.3. The SMILES string of the molecule is Cc1ccccc1S(=O)(=O)N1CCC(CCCCNC(=O)c2cc3c([nH]2)CC2(CCCCCCCCC2)NC3)CC1. The van der Waals surface area contributed by atoms with Crippen LogP contribution in [0.2, 0.25) is 0 Å². The number of hydrogen-bond donors (Lipinski definition) is 3. The molecule has 226 valence electrons. The van der Waals surface area contributed by atoms with Crippen LogP contribution in [0.5, 0.6) is 0 Å². The van der Waals surface area contributed by atoms with E-state index in [-0.39, 0.29) is 11.4 Å². The molecule has 1 aromatic carbocycles. The number of benzene rings is 1. The lowest BCUT2D eigenvalue weighted by Crippen LogP contribution is -2.49. The number of aryl methyl sites for hydroxylation is 1. The Morgan fingerprint density at radius 3 is 2.39 bits per heavy atom. The van der Waals surface area contributed by atoms with Crippen LogP contribution in [0.25, 0.3) is 0 Å². The van der Waals surface area contributed by atoms with Gasteiger partial charge in [-0.2, -0.15) is 4.31 Å². The van der Waals surface area contributed by atoms with Crippen molar-refractivity contribution in [1.29, 1.82) is 0 Å². The molecule has 2 aliphatic heterocycles. The molecule has 3 aliphatic rings. The van der Waals surface area contributed by atoms with E-state index < -0.39 is 10.0 Å². The predicted molar refractivity (Wildman–Crippen MR) is 164 cm³/mol. The van der Waals surface area contributed by atoms with Gasteiger partial charge in [0.05, 0.1) is 4.90 Å². The molecule has 1 spiro atoms. The summed E-state index contributed by atoms with van der Waals surface area (Å²) in [6.07, 6.45) is 17.7. The van der Waals surface area contributed by atoms with Gasteiger partial charge in [-0.1, -0.05) is 76.0 Å². The van der Waals surface area contributed by atoms with Crippen LogP contribution in [0.1, 0.15) is 117 Å². The highest BCUT2D eigenvalue weighted by Gasteiger charge is 2.35. The number of amides is 1. The first-order valence-electron chi connectivity index (χ1n) is 16.2. The van der Waals surface area contributed by atoms with E-state index in [9.17, 15) is 13.2 Å². The van der Waals surface area contributed by atoms with Crippen molar-refractivity contribution >= 4 is 15.9 Å². The molecule has 0 atom stereocenters. The first-order valence-corrected chi connectivity index (χ1v) is 17.6. The van der Waals surface area contributed by atoms with Gasteiger partial charge in [-0.15, -0.1) is 0 Å². The summed E-state index contributed by atoms with van der Waals surface area (Å²) < 4.78 is 27.8. The Hall–Kier alpha value is -2.16. The highest BCUT2D eigenvalue weighted by Crippen LogP contribution is 2.33. The van der Waals surface area contributed by atoms with E-state index in [0.29, 0.717) is 36.1 Å². The molecule has 0 radical (unpaired) electrons. The molecule has 8 heteroatoms. The van der Waals surface area contributed by atoms with Gasteiger partial charge >= 0.3 is 0 Å². The molecule has 3 heterocycles. The average Bonchev–Trinajstić information content (AvgIpc) is 3.40. The maximum atomic E-state index is 13.1. The minimum atomic E-state index is -3.42. The zero-order valence-corrected chi connectivity index (χ0v) is 25.8. The van der Waals surface area contributed by atoms with E-state index in [4.69, 9.17) is 0 Å². The van der Waals surface area contributed by atoms with Crippen LogP contribution in [0, 0.1) is 12.8 Å². The van der Waals surface area contributed by atoms with E-state index in [0.717, 1.165) is 50.6 Å². The van der Waals surface area contributed by atoms with Gasteiger partial charge in [-0.05, 0) is 68.2 Å². The summed E-state index contributed by atoms with van der Waals surface area (Å²) >= 11 is 0. The first-order chi connectivity index (χ1) is 19.9. The number of carbonyl (C=O) groups excluding carboxylic acids is 1. The summed E-state index contributed by atoms with van der Waals surface area (Å²) in [6.45, 7) is 4.56. The fourth-order valence-corrected chi connectivity index (χ4v) is 8.92. The van der Waals surface area contributed by atoms with Crippen LogP contribution in [0.4, 0.5) is 0 Å². The second kappa shape index (κ2) is 13.9. The Bertz CT molecular complexity index is 1250. The molecule has 3 N–H and O–H groups in total. The molecule has 2 fully saturated rings. The van der Waals surface area contributed by atoms with E-state index >= 15 is 0 Å². The van der Waals surface area contributed by atoms with Gasteiger partial charge in [0.1, 0.15) is 5.69 Å². The minimum Gasteiger partial charge on any atom is -0.354 e. The average molecular weight is 583 g/mol. The van der Waals surface area contributed by atoms with Crippen LogP contribution >= 0.6 is 0 Å². The normalized spacial score (nSPS) is 20.9. The second-order valence-electron chi connectivity index (χ2n) is 12.8. The summed E-state index contributed by atoms with van der Waals surface area (Å²) in [5.41, 5.74) is 4.17. The quantitative estimate of drug-likeness (QED) is 0.322. The number of fused-ring (bicyclic) bond motifs is 1. The number of rotatable bonds is 8. The zero-order valence-electron chi connectivity index (χ0n) is 25.0. The Morgan fingerprint density at radius 1 is 1.00 bits per heavy atom. The number of H-pyrrole nitrogens is 1. The van der Waals surface area contributed by atoms with Crippen molar-refractivity contribution in [2.24, 2.45) is 5.92 Å². The van der Waals surface area contributed by atoms with Gasteiger partial charge in [-0.3, -0.25) is 4.79 Å². The predicted octanol–water partition coefficient (Wildman–Crippen LogP) is 6.23. The summed E-state index contributed by atoms with van der Waals surface area (Å²) in [7, 11) is -3.42. The molecule has 0 unspecified atom stereocenters. The second-order valence-corrected chi connectivity index (χ2v) is 14.7. The number of aromatic amines is 1. The summed E-state index contributed by atoms with van der Waals surface area (Å²) in [5, 5.41) is 7.01. The molecule has 1 aliphatic carbocycles. The number of unbranched alkanes of at least 4 members (excludes halogenated alkanes) is 1. The largest absolute Gasteiger partial charge is 0.354 e. The Labute approximate surface area is 247 Å². The third kappa shape index (κ3) is 7.63. The van der Waals surface area contributed by atoms with Crippen molar-refractivity contribution in [1.82, 2.24) is 19.9 Å². The highest BCUT2D eigenvalue weighted by molar-refractivity contribution is 7.89. The Morgan fingerprint density at radius 2 is 1.68 bits per heavy atom. The maximum Gasteiger partial charge on any atom is 0.267 e. The molecule has 41 heavy (non-hydrogen) atoms. The molecular weight excluding hydrogens is 532 g/mol. The fourth-order valence-electron chi connectivity index (χ4n) is 7.23. The molecule has 7 nitrogen and oxygen atoms in total. The monoisotopic (exact) mass is 582 g/mol. The number of hydrogen-bond acceptors (Lipinski definition) is 4. The van der Waals surface area contributed by atoms with Gasteiger partial charge in [0.15, 0.2) is 0 Å². The van der Waals surface area contributed by atoms with Crippen LogP contribution in [-0.2, 0) is 23.0 Å². The third-order valence-electron chi connectivity index (χ3n) is 9.83. The topological polar surface area (TPSA) is 94.3 Å². The molecule has 2 aromatic rings. The van der Waals surface area contributed by atoms with Gasteiger partial charge in [0, 0.05) is 43.8 Å². The lowest BCUT2D eigenvalue weighted by atomic mass is 9.79. The van der Waals surface area contributed by atoms with E-state index in [1.165, 1.54) is 69.0 Å². The van der Waals surface area contributed by atoms with Crippen molar-refractivity contribution in [3.63, 3.8) is 0 Å². The van der Waals surface area contributed by atoms with E-state index in [2.05, 4.69) is 15.6 Å². The number of piperidine rings is 1. The lowest BCUT2D eigenvalue weighted by Gasteiger charge is -2.39. The molecule has 1 amide bonds. The number of sulfonamides is 1. The van der Waals surface area contributed by atoms with Crippen molar-refractivity contribution in [2.45, 2.75) is 120 Å². The fraction of sp³-hybridized carbons (Fsp3) is 0.667. The molecule has 1 saturated heterocycles. The Balaban J connectivity index is 1.02. The first kappa shape index (κ1) is 30.3. The number of carbonyl (C=O) groups is 1. The molecule has 0 bridgehead atoms. The van der Waals surface area contributed by atoms with Crippen molar-refractivity contribution < 1.29 is 13.2 Å². The lowest BCUT2D eigenvalue weighted by molar-refractivity contribution is 0.0948. The van der Waals surface area contributed by atoms with Crippen LogP contribution < -0.4 is 10.6 Å². The minimum absolute atomic E-state index is 0.00544. The molecular formula is C33H50N4O3S. The summed E-state index contributed by atoms with van der Waals surface area (Å²) in [6, 6.07) is 9.28. The molecule has 1 aromatic heterocycles. The van der Waals surface area contributed by atoms with Crippen molar-refractivity contribution in [3.8, 4) is 0 Å². The van der Waals surface area contributed by atoms with Crippen molar-refractivity contribution in [2.75, 3.05) is 19.6 Å². The van der Waals surface area contributed by atoms with Crippen LogP contribution in [0.3, 0.4) is 0 Å². The maximum absolute atomic E-state index is 13.1. The standard InChI is InChI=1S/C33H50N4O3S/c1-26-13-7-8-15-31(26)41(39,40)37-21-16-27(17-22-37)14-9-12-20-34-32(38)29-23-28-25-35-33(24-30(28)36-29)18-10-5-3-2-4-6-11-19-33/h7-8,13,15,23,27,35-36H,2-6,9-12,14,16-22,24-25H2,1H3,(H,34,38). The zero-order chi connectivity index (χ0) is 28.7. The van der Waals surface area contributed by atoms with E-state index in [1.54, 1.807) is 16.4 Å². The summed E-state index contributed by atoms with van der Waals surface area (Å²) in [5.74, 6) is 0.542. The van der Waals surface area contributed by atoms with E-state index in [1.807, 2.05) is 25.1 Å². The van der Waals surface area contributed by atoms with Gasteiger partial charge in [0.2, 0.25) is 10.0 Å². The van der Waals surface area contributed by atoms with Gasteiger partial charge in [0.25, 0.3) is 5.91 Å². The number of aromatic nitrogens is 1. The number of nitrogens with one attached hydrogen (secondary N) is 3. The van der Waals surface area contributed by atoms with Crippen molar-refractivity contribution in [3.05, 3.63) is 52.8 Å². The highest BCUT2D eigenvalue weighted by atomic mass is 32.2. The third-order valence-corrected chi connectivity index (χ3v) is 11.9. The smallest absolute Gasteiger partial charge is 0.267 e. The van der Waals surface area contributed by atoms with Gasteiger partial charge < -0.3 is 15.6 Å². The van der Waals surface area contributed by atoms with Crippen LogP contribution in [0.15, 0.2) is 35.2 Å². The summed E-state index contributed by atoms with van der Waals surface area (Å²) in [4.78, 5) is 16.8. The van der Waals surface area contributed by atoms with Crippen LogP contribution in [-0.4, -0.2) is 48.8 Å². The molecule has 1 saturated carbocycles. The molecule has 5 rings (SSSR count). The number of nitrogens with zero attached hydrogens (tertiary/aromatic N) is 1. The van der Waals surface area contributed by atoms with Gasteiger partial charge in [-0.25, -0.2) is 8.42 Å².